The van der Waals surface area contributed by atoms with Gasteiger partial charge in [0.2, 0.25) is 29.5 Å². The Morgan fingerprint density at radius 1 is 0.785 bits per heavy atom. The molecule has 0 bridgehead atoms. The fourth-order valence-electron chi connectivity index (χ4n) is 10.0. The van der Waals surface area contributed by atoms with Gasteiger partial charge in [0, 0.05) is 51.7 Å². The van der Waals surface area contributed by atoms with Crippen LogP contribution in [-0.4, -0.2) is 143 Å². The Kier molecular flexibility index (Phi) is 12.6. The summed E-state index contributed by atoms with van der Waals surface area (Å²) in [5, 5.41) is 48.1. The zero-order valence-corrected chi connectivity index (χ0v) is 37.2. The van der Waals surface area contributed by atoms with Crippen molar-refractivity contribution in [3.05, 3.63) is 81.0 Å². The summed E-state index contributed by atoms with van der Waals surface area (Å²) in [6.07, 6.45) is -1.64. The number of fused-ring (bicyclic) bond motifs is 2. The van der Waals surface area contributed by atoms with E-state index in [4.69, 9.17) is 4.74 Å². The molecule has 4 fully saturated rings. The third-order valence-electron chi connectivity index (χ3n) is 13.1. The molecule has 0 saturated carbocycles. The molecule has 21 heteroatoms. The molecule has 6 aliphatic rings. The standard InChI is InChI=1S/C44H48N6O13S2/c1-18-32-30(20(3)52)39(56)49(32)34(35(18)64-26-13-28(45-15-26)37(54)46-24-9-5-7-22(11-24)43(59)60)41(58)48-16-27(14-29(48)38(55)47-25-10-6-8-23(12-25)44(61)62)65-36-19(2)33-31(21(4)53)40(57)50(33)42(36)63-17-51/h5-12,17-21,26-33,45,52-53H,13-16H2,1-4H3,(H,46,54)(H,47,55)(H,59,60)(H,61,62)/t18-,19-,20-,21-,26+,27+,28+,29+,30-,31-,32-,33-/m1/s1. The van der Waals surface area contributed by atoms with Gasteiger partial charge in [-0.05, 0) is 63.1 Å². The van der Waals surface area contributed by atoms with Gasteiger partial charge in [-0.3, -0.25) is 33.7 Å². The number of carboxylic acids is 2. The molecule has 19 nitrogen and oxygen atoms in total. The predicted molar refractivity (Wildman–Crippen MR) is 234 cm³/mol. The van der Waals surface area contributed by atoms with Crippen molar-refractivity contribution < 1.29 is 63.5 Å². The second kappa shape index (κ2) is 17.9. The van der Waals surface area contributed by atoms with E-state index in [0.29, 0.717) is 28.5 Å². The number of carbonyl (C=O) groups is 8. The summed E-state index contributed by atoms with van der Waals surface area (Å²) in [6.45, 7) is 7.23. The molecular weight excluding hydrogens is 885 g/mol. The number of amides is 5. The Labute approximate surface area is 381 Å². The minimum absolute atomic E-state index is 0.00812. The number of β-lactam (4-membered cyclic amide) rings is 2. The summed E-state index contributed by atoms with van der Waals surface area (Å²) >= 11 is 2.58. The number of nitrogens with one attached hydrogen (secondary N) is 3. The van der Waals surface area contributed by atoms with Crippen LogP contribution in [0.25, 0.3) is 0 Å². The largest absolute Gasteiger partial charge is 0.478 e. The molecule has 344 valence electrons. The van der Waals surface area contributed by atoms with Gasteiger partial charge in [-0.1, -0.05) is 26.0 Å². The van der Waals surface area contributed by atoms with Crippen LogP contribution >= 0.6 is 23.5 Å². The quantitative estimate of drug-likeness (QED) is 0.0995. The lowest BCUT2D eigenvalue weighted by molar-refractivity contribution is -0.165. The number of thioether (sulfide) groups is 2. The lowest BCUT2D eigenvalue weighted by Crippen LogP contribution is -2.64. The second-order valence-corrected chi connectivity index (χ2v) is 19.9. The van der Waals surface area contributed by atoms with Crippen LogP contribution in [0.15, 0.2) is 69.9 Å². The zero-order valence-electron chi connectivity index (χ0n) is 35.6. The second-order valence-electron chi connectivity index (χ2n) is 17.2. The van der Waals surface area contributed by atoms with Crippen LogP contribution in [0.5, 0.6) is 0 Å². The highest BCUT2D eigenvalue weighted by Gasteiger charge is 2.62. The number of likely N-dealkylation sites (tertiary alicyclic amines) is 1. The Morgan fingerprint density at radius 3 is 1.89 bits per heavy atom. The summed E-state index contributed by atoms with van der Waals surface area (Å²) in [5.74, 6) is -7.20. The van der Waals surface area contributed by atoms with Crippen molar-refractivity contribution in [2.75, 3.05) is 23.7 Å². The molecule has 6 aliphatic heterocycles. The van der Waals surface area contributed by atoms with Gasteiger partial charge in [0.05, 0.1) is 58.2 Å². The van der Waals surface area contributed by atoms with E-state index in [1.165, 1.54) is 94.5 Å². The average molecular weight is 933 g/mol. The van der Waals surface area contributed by atoms with E-state index in [-0.39, 0.29) is 64.9 Å². The van der Waals surface area contributed by atoms with E-state index in [2.05, 4.69) is 16.0 Å². The van der Waals surface area contributed by atoms with Gasteiger partial charge in [0.15, 0.2) is 0 Å². The van der Waals surface area contributed by atoms with Gasteiger partial charge in [0.1, 0.15) is 11.7 Å². The monoisotopic (exact) mass is 932 g/mol. The van der Waals surface area contributed by atoms with Gasteiger partial charge >= 0.3 is 11.9 Å². The number of hydrogen-bond acceptors (Lipinski definition) is 14. The zero-order chi connectivity index (χ0) is 46.8. The molecule has 8 rings (SSSR count). The summed E-state index contributed by atoms with van der Waals surface area (Å²) in [6, 6.07) is 8.59. The maximum absolute atomic E-state index is 15.3. The topological polar surface area (TPSA) is 273 Å². The molecule has 0 aliphatic carbocycles. The maximum atomic E-state index is 15.3. The lowest BCUT2D eigenvalue weighted by Gasteiger charge is -2.47. The number of anilines is 2. The number of aliphatic hydroxyl groups excluding tert-OH is 2. The van der Waals surface area contributed by atoms with Crippen LogP contribution in [0.4, 0.5) is 11.4 Å². The van der Waals surface area contributed by atoms with Crippen molar-refractivity contribution >= 4 is 82.8 Å². The summed E-state index contributed by atoms with van der Waals surface area (Å²) < 4.78 is 5.36. The summed E-state index contributed by atoms with van der Waals surface area (Å²) in [5.41, 5.74) is 0.462. The number of carbonyl (C=O) groups excluding carboxylic acids is 6. The molecule has 65 heavy (non-hydrogen) atoms. The number of rotatable bonds is 15. The van der Waals surface area contributed by atoms with Gasteiger partial charge in [-0.2, -0.15) is 0 Å². The van der Waals surface area contributed by atoms with E-state index < -0.39 is 94.9 Å². The molecule has 0 radical (unpaired) electrons. The first-order valence-electron chi connectivity index (χ1n) is 21.2. The van der Waals surface area contributed by atoms with Crippen LogP contribution in [0.2, 0.25) is 0 Å². The van der Waals surface area contributed by atoms with Gasteiger partial charge < -0.3 is 50.9 Å². The third kappa shape index (κ3) is 8.17. The molecule has 6 heterocycles. The summed E-state index contributed by atoms with van der Waals surface area (Å²) in [4.78, 5) is 110. The highest BCUT2D eigenvalue weighted by atomic mass is 32.2. The number of ether oxygens (including phenoxy) is 1. The van der Waals surface area contributed by atoms with E-state index in [1.54, 1.807) is 6.07 Å². The van der Waals surface area contributed by atoms with E-state index in [0.717, 1.165) is 0 Å². The Hall–Kier alpha value is -5.74. The van der Waals surface area contributed by atoms with Crippen LogP contribution < -0.4 is 16.0 Å². The fourth-order valence-corrected chi connectivity index (χ4v) is 13.0. The van der Waals surface area contributed by atoms with E-state index in [1.807, 2.05) is 13.8 Å². The Bertz CT molecular complexity index is 2440. The number of aromatic carboxylic acids is 2. The number of hydrogen-bond donors (Lipinski definition) is 7. The van der Waals surface area contributed by atoms with Gasteiger partial charge in [-0.15, -0.1) is 23.5 Å². The van der Waals surface area contributed by atoms with Crippen LogP contribution in [0, 0.1) is 23.7 Å². The fraction of sp³-hybridized carbons (Fsp3) is 0.455. The van der Waals surface area contributed by atoms with Crippen molar-refractivity contribution in [2.45, 2.75) is 87.4 Å². The summed E-state index contributed by atoms with van der Waals surface area (Å²) in [7, 11) is 0. The molecule has 5 amide bonds. The van der Waals surface area contributed by atoms with Crippen molar-refractivity contribution in [1.82, 2.24) is 20.0 Å². The maximum Gasteiger partial charge on any atom is 0.335 e. The first-order valence-corrected chi connectivity index (χ1v) is 22.9. The predicted octanol–water partition coefficient (Wildman–Crippen LogP) is 2.10. The highest BCUT2D eigenvalue weighted by molar-refractivity contribution is 8.04. The molecule has 0 spiro atoms. The number of aliphatic hydroxyl groups is 2. The van der Waals surface area contributed by atoms with Crippen LogP contribution in [-0.2, 0) is 33.5 Å². The van der Waals surface area contributed by atoms with Crippen molar-refractivity contribution in [3.8, 4) is 0 Å². The highest BCUT2D eigenvalue weighted by Crippen LogP contribution is 2.55. The molecular formula is C44H48N6O13S2. The van der Waals surface area contributed by atoms with Crippen molar-refractivity contribution in [1.29, 1.82) is 0 Å². The minimum atomic E-state index is -1.21. The first kappa shape index (κ1) is 45.8. The molecule has 0 unspecified atom stereocenters. The number of nitrogens with zero attached hydrogens (tertiary/aromatic N) is 3. The van der Waals surface area contributed by atoms with Crippen LogP contribution in [0.1, 0.15) is 61.3 Å². The first-order chi connectivity index (χ1) is 30.9. The number of benzene rings is 2. The van der Waals surface area contributed by atoms with Gasteiger partial charge in [0.25, 0.3) is 12.4 Å². The molecule has 7 N–H and O–H groups in total. The SMILES string of the molecule is C[C@@H](O)[C@H]1C(=O)N2C(OC=O)=C(S[C@H]3C[C@@H](C(=O)Nc4cccc(C(=O)O)c4)N(C(=O)C4=C(S[C@@H]5CN[C@H](C(=O)Nc6cccc(C(=O)O)c6)C5)[C@H](C)[C@@H]5[C@@H]([C@@H](C)O)C(=O)N45)C3)[C@H](C)[C@H]12. The normalized spacial score (nSPS) is 30.0. The van der Waals surface area contributed by atoms with Gasteiger partial charge in [-0.25, -0.2) is 9.59 Å². The molecule has 2 aromatic rings. The lowest BCUT2D eigenvalue weighted by atomic mass is 9.79. The van der Waals surface area contributed by atoms with Crippen LogP contribution in [0.3, 0.4) is 0 Å². The Balaban J connectivity index is 1.09. The molecule has 0 aromatic heterocycles. The van der Waals surface area contributed by atoms with E-state index in [9.17, 15) is 54.0 Å². The Morgan fingerprint density at radius 2 is 1.32 bits per heavy atom. The number of carboxylic acid groups (broad SMARTS) is 2. The smallest absolute Gasteiger partial charge is 0.335 e. The average Bonchev–Trinajstić information content (AvgIpc) is 4.01. The minimum Gasteiger partial charge on any atom is -0.478 e. The molecule has 12 atom stereocenters. The van der Waals surface area contributed by atoms with Crippen molar-refractivity contribution in [2.24, 2.45) is 23.7 Å². The molecule has 4 saturated heterocycles. The molecule has 2 aromatic carbocycles. The third-order valence-corrected chi connectivity index (χ3v) is 16.1. The van der Waals surface area contributed by atoms with Crippen molar-refractivity contribution in [3.63, 3.8) is 0 Å². The van der Waals surface area contributed by atoms with E-state index >= 15 is 4.79 Å².